The zero-order valence-corrected chi connectivity index (χ0v) is 16.1. The molecule has 1 aliphatic carbocycles. The summed E-state index contributed by atoms with van der Waals surface area (Å²) >= 11 is 0. The van der Waals surface area contributed by atoms with E-state index in [0.29, 0.717) is 23.8 Å². The predicted molar refractivity (Wildman–Crippen MR) is 108 cm³/mol. The maximum Gasteiger partial charge on any atom is 0.339 e. The first-order valence-corrected chi connectivity index (χ1v) is 9.56. The molecule has 0 aliphatic heterocycles. The number of ether oxygens (including phenoxy) is 1. The lowest BCUT2D eigenvalue weighted by Gasteiger charge is -2.19. The Morgan fingerprint density at radius 3 is 2.66 bits per heavy atom. The molecule has 1 aromatic carbocycles. The highest BCUT2D eigenvalue weighted by Crippen LogP contribution is 2.44. The number of hydrogen-bond acceptors (Lipinski definition) is 6. The molecule has 0 radical (unpaired) electrons. The lowest BCUT2D eigenvalue weighted by Crippen LogP contribution is -2.11. The molecule has 3 rings (SSSR count). The first kappa shape index (κ1) is 20.4. The van der Waals surface area contributed by atoms with Gasteiger partial charge in [-0.2, -0.15) is 0 Å². The van der Waals surface area contributed by atoms with Gasteiger partial charge in [0, 0.05) is 17.7 Å². The number of benzene rings is 1. The van der Waals surface area contributed by atoms with Gasteiger partial charge in [-0.25, -0.2) is 4.79 Å². The van der Waals surface area contributed by atoms with Crippen LogP contribution in [0.25, 0.3) is 5.57 Å². The van der Waals surface area contributed by atoms with Gasteiger partial charge in [-0.15, -0.1) is 0 Å². The molecule has 7 nitrogen and oxygen atoms in total. The average Bonchev–Trinajstić information content (AvgIpc) is 3.58. The summed E-state index contributed by atoms with van der Waals surface area (Å²) in [6.07, 6.45) is 5.58. The summed E-state index contributed by atoms with van der Waals surface area (Å²) < 4.78 is 5.86. The number of oxime groups is 1. The number of carbonyl (C=O) groups is 1. The van der Waals surface area contributed by atoms with Crippen molar-refractivity contribution >= 4 is 17.9 Å². The highest BCUT2D eigenvalue weighted by atomic mass is 16.7. The van der Waals surface area contributed by atoms with Crippen LogP contribution in [0.5, 0.6) is 0 Å². The van der Waals surface area contributed by atoms with Crippen molar-refractivity contribution < 1.29 is 24.6 Å². The third-order valence-electron chi connectivity index (χ3n) is 4.79. The Hall–Kier alpha value is -3.35. The van der Waals surface area contributed by atoms with E-state index in [4.69, 9.17) is 9.57 Å². The van der Waals surface area contributed by atoms with Crippen LogP contribution < -0.4 is 0 Å². The molecule has 1 fully saturated rings. The highest BCUT2D eigenvalue weighted by molar-refractivity contribution is 6.15. The van der Waals surface area contributed by atoms with E-state index in [1.807, 2.05) is 37.3 Å². The van der Waals surface area contributed by atoms with E-state index >= 15 is 0 Å². The molecule has 1 aliphatic rings. The van der Waals surface area contributed by atoms with Gasteiger partial charge in [-0.3, -0.25) is 4.98 Å². The van der Waals surface area contributed by atoms with Gasteiger partial charge in [0.25, 0.3) is 0 Å². The summed E-state index contributed by atoms with van der Waals surface area (Å²) in [4.78, 5) is 21.3. The van der Waals surface area contributed by atoms with Crippen LogP contribution in [-0.2, 0) is 14.4 Å². The van der Waals surface area contributed by atoms with Crippen LogP contribution in [0.4, 0.5) is 0 Å². The van der Waals surface area contributed by atoms with Crippen molar-refractivity contribution in [2.75, 3.05) is 0 Å². The maximum absolute atomic E-state index is 11.5. The van der Waals surface area contributed by atoms with Crippen molar-refractivity contribution in [3.63, 3.8) is 0 Å². The third kappa shape index (κ3) is 5.13. The maximum atomic E-state index is 11.5. The van der Waals surface area contributed by atoms with Gasteiger partial charge in [0.05, 0.1) is 12.0 Å². The Bertz CT molecular complexity index is 878. The molecule has 29 heavy (non-hydrogen) atoms. The number of carboxylic acids is 1. The number of aromatic nitrogens is 1. The fourth-order valence-electron chi connectivity index (χ4n) is 3.16. The van der Waals surface area contributed by atoms with Crippen molar-refractivity contribution in [1.82, 2.24) is 4.98 Å². The second kappa shape index (κ2) is 9.73. The Kier molecular flexibility index (Phi) is 6.84. The zero-order valence-electron chi connectivity index (χ0n) is 16.1. The fraction of sp³-hybridized carbons (Fsp3) is 0.318. The summed E-state index contributed by atoms with van der Waals surface area (Å²) in [5, 5.41) is 22.7. The number of aliphatic carboxylic acids is 1. The van der Waals surface area contributed by atoms with Crippen molar-refractivity contribution in [2.45, 2.75) is 38.4 Å². The minimum atomic E-state index is -1.20. The van der Waals surface area contributed by atoms with Crippen LogP contribution in [0.3, 0.4) is 0 Å². The first-order chi connectivity index (χ1) is 14.2. The molecule has 0 amide bonds. The number of nitrogens with zero attached hydrogens (tertiary/aromatic N) is 2. The lowest BCUT2D eigenvalue weighted by molar-refractivity contribution is -0.130. The van der Waals surface area contributed by atoms with Crippen LogP contribution in [0.15, 0.2) is 60.1 Å². The first-order valence-electron chi connectivity index (χ1n) is 9.56. The minimum Gasteiger partial charge on any atom is -0.515 e. The summed E-state index contributed by atoms with van der Waals surface area (Å²) in [6, 6.07) is 12.6. The SMILES string of the molecule is CCC(O/N=C/OC(c1ccccc1/C(=C\O)C(=O)O)C1CC1)c1ccccn1. The monoisotopic (exact) mass is 396 g/mol. The van der Waals surface area contributed by atoms with Gasteiger partial charge < -0.3 is 19.8 Å². The van der Waals surface area contributed by atoms with Gasteiger partial charge in [0.1, 0.15) is 11.7 Å². The summed E-state index contributed by atoms with van der Waals surface area (Å²) in [7, 11) is 0. The standard InChI is InChI=1S/C22H24N2O5/c1-2-20(19-9-5-6-12-23-19)29-24-14-28-21(15-10-11-15)17-8-4-3-7-16(17)18(13-25)22(26)27/h3-9,12-15,20-21,25H,2,10-11H2,1H3,(H,26,27)/b18-13+,24-14+. The summed E-state index contributed by atoms with van der Waals surface area (Å²) in [5.41, 5.74) is 1.73. The third-order valence-corrected chi connectivity index (χ3v) is 4.79. The topological polar surface area (TPSA) is 101 Å². The number of aliphatic hydroxyl groups is 1. The molecule has 7 heteroatoms. The van der Waals surface area contributed by atoms with Gasteiger partial charge in [-0.05, 0) is 37.0 Å². The molecule has 0 spiro atoms. The normalized spacial score (nSPS) is 16.4. The highest BCUT2D eigenvalue weighted by Gasteiger charge is 2.35. The van der Waals surface area contributed by atoms with Gasteiger partial charge in [0.15, 0.2) is 6.10 Å². The van der Waals surface area contributed by atoms with Crippen LogP contribution in [-0.4, -0.2) is 27.6 Å². The van der Waals surface area contributed by atoms with Gasteiger partial charge in [0.2, 0.25) is 6.40 Å². The Labute approximate surface area is 169 Å². The molecule has 152 valence electrons. The Morgan fingerprint density at radius 1 is 1.28 bits per heavy atom. The summed E-state index contributed by atoms with van der Waals surface area (Å²) in [6.45, 7) is 1.98. The van der Waals surface area contributed by atoms with Gasteiger partial charge >= 0.3 is 5.97 Å². The molecular weight excluding hydrogens is 372 g/mol. The molecule has 1 aromatic heterocycles. The molecule has 2 unspecified atom stereocenters. The van der Waals surface area contributed by atoms with Crippen LogP contribution in [0.2, 0.25) is 0 Å². The average molecular weight is 396 g/mol. The van der Waals surface area contributed by atoms with E-state index in [2.05, 4.69) is 10.1 Å². The molecule has 2 atom stereocenters. The Balaban J connectivity index is 1.74. The second-order valence-electron chi connectivity index (χ2n) is 6.80. The number of pyridine rings is 1. The number of carboxylic acid groups (broad SMARTS) is 1. The molecule has 2 N–H and O–H groups in total. The minimum absolute atomic E-state index is 0.177. The predicted octanol–water partition coefficient (Wildman–Crippen LogP) is 4.64. The zero-order chi connectivity index (χ0) is 20.6. The molecule has 0 saturated heterocycles. The smallest absolute Gasteiger partial charge is 0.339 e. The molecular formula is C22H24N2O5. The number of aliphatic hydroxyl groups excluding tert-OH is 1. The Morgan fingerprint density at radius 2 is 2.03 bits per heavy atom. The van der Waals surface area contributed by atoms with E-state index in [-0.39, 0.29) is 23.7 Å². The van der Waals surface area contributed by atoms with E-state index in [9.17, 15) is 15.0 Å². The molecule has 1 heterocycles. The van der Waals surface area contributed by atoms with Crippen molar-refractivity contribution in [3.8, 4) is 0 Å². The molecule has 1 saturated carbocycles. The molecule has 0 bridgehead atoms. The van der Waals surface area contributed by atoms with Crippen LogP contribution >= 0.6 is 0 Å². The van der Waals surface area contributed by atoms with Crippen LogP contribution in [0, 0.1) is 5.92 Å². The van der Waals surface area contributed by atoms with E-state index < -0.39 is 5.97 Å². The summed E-state index contributed by atoms with van der Waals surface area (Å²) in [5.74, 6) is -0.943. The van der Waals surface area contributed by atoms with Crippen molar-refractivity contribution in [1.29, 1.82) is 0 Å². The largest absolute Gasteiger partial charge is 0.515 e. The number of hydrogen-bond donors (Lipinski definition) is 2. The van der Waals surface area contributed by atoms with E-state index in [1.165, 1.54) is 6.40 Å². The van der Waals surface area contributed by atoms with E-state index in [1.54, 1.807) is 18.3 Å². The fourth-order valence-corrected chi connectivity index (χ4v) is 3.16. The number of rotatable bonds is 10. The van der Waals surface area contributed by atoms with Crippen LogP contribution in [0.1, 0.15) is 55.2 Å². The van der Waals surface area contributed by atoms with Crippen molar-refractivity contribution in [3.05, 3.63) is 71.7 Å². The molecule has 2 aromatic rings. The lowest BCUT2D eigenvalue weighted by atomic mass is 9.94. The van der Waals surface area contributed by atoms with Gasteiger partial charge in [-0.1, -0.05) is 42.4 Å². The van der Waals surface area contributed by atoms with E-state index in [0.717, 1.165) is 18.5 Å². The second-order valence-corrected chi connectivity index (χ2v) is 6.80. The van der Waals surface area contributed by atoms with Crippen molar-refractivity contribution in [2.24, 2.45) is 11.1 Å². The quantitative estimate of drug-likeness (QED) is 0.199.